The van der Waals surface area contributed by atoms with Crippen LogP contribution in [0.4, 0.5) is 0 Å². The van der Waals surface area contributed by atoms with Crippen LogP contribution in [0, 0.1) is 0 Å². The van der Waals surface area contributed by atoms with Gasteiger partial charge in [0, 0.05) is 5.56 Å². The molecule has 1 atom stereocenters. The molecule has 0 saturated carbocycles. The van der Waals surface area contributed by atoms with Crippen LogP contribution in [0.5, 0.6) is 0 Å². The monoisotopic (exact) mass is 277 g/mol. The van der Waals surface area contributed by atoms with Crippen LogP contribution in [-0.2, 0) is 9.53 Å². The van der Waals surface area contributed by atoms with Gasteiger partial charge in [-0.1, -0.05) is 12.1 Å². The highest BCUT2D eigenvalue weighted by Gasteiger charge is 2.19. The van der Waals surface area contributed by atoms with Gasteiger partial charge in [0.1, 0.15) is 6.04 Å². The first-order valence-corrected chi connectivity index (χ1v) is 5.82. The Hall–Kier alpha value is -2.63. The number of nitrogens with one attached hydrogen (secondary N) is 1. The van der Waals surface area contributed by atoms with Crippen molar-refractivity contribution in [2.24, 2.45) is 0 Å². The summed E-state index contributed by atoms with van der Waals surface area (Å²) in [5.74, 6) is -2.30. The number of hydrogen-bond acceptors (Lipinski definition) is 4. The fourth-order valence-electron chi connectivity index (χ4n) is 1.53. The Balaban J connectivity index is 2.89. The molecule has 6 nitrogen and oxygen atoms in total. The molecule has 2 N–H and O–H groups in total. The number of carboxylic acids is 1. The molecule has 0 aliphatic carbocycles. The average molecular weight is 277 g/mol. The van der Waals surface area contributed by atoms with Gasteiger partial charge in [-0.15, -0.1) is 6.58 Å². The molecular weight excluding hydrogens is 262 g/mol. The Kier molecular flexibility index (Phi) is 5.46. The molecule has 0 aliphatic rings. The quantitative estimate of drug-likeness (QED) is 0.602. The molecule has 106 valence electrons. The van der Waals surface area contributed by atoms with Crippen molar-refractivity contribution in [1.82, 2.24) is 5.32 Å². The minimum Gasteiger partial charge on any atom is -0.480 e. The molecule has 1 rings (SSSR count). The summed E-state index contributed by atoms with van der Waals surface area (Å²) < 4.78 is 4.55. The highest BCUT2D eigenvalue weighted by atomic mass is 16.5. The van der Waals surface area contributed by atoms with Crippen molar-refractivity contribution in [2.45, 2.75) is 12.5 Å². The van der Waals surface area contributed by atoms with Crippen LogP contribution < -0.4 is 5.32 Å². The Morgan fingerprint density at radius 2 is 2.05 bits per heavy atom. The van der Waals surface area contributed by atoms with Crippen LogP contribution >= 0.6 is 0 Å². The van der Waals surface area contributed by atoms with E-state index in [2.05, 4.69) is 16.6 Å². The zero-order chi connectivity index (χ0) is 15.1. The number of carbonyl (C=O) groups excluding carboxylic acids is 2. The predicted molar refractivity (Wildman–Crippen MR) is 71.5 cm³/mol. The molecule has 1 amide bonds. The molecule has 0 aromatic heterocycles. The summed E-state index contributed by atoms with van der Waals surface area (Å²) in [7, 11) is 1.24. The molecular formula is C14H15NO5. The number of aliphatic carboxylic acids is 1. The van der Waals surface area contributed by atoms with Crippen molar-refractivity contribution in [3.05, 3.63) is 48.0 Å². The molecule has 1 aromatic rings. The first kappa shape index (κ1) is 15.4. The van der Waals surface area contributed by atoms with Crippen molar-refractivity contribution in [2.75, 3.05) is 7.11 Å². The van der Waals surface area contributed by atoms with Gasteiger partial charge in [0.2, 0.25) is 0 Å². The van der Waals surface area contributed by atoms with Gasteiger partial charge in [0.05, 0.1) is 12.7 Å². The SMILES string of the molecule is C=CC[C@@H](NC(=O)c1cccc(C(=O)OC)c1)C(=O)O. The first-order chi connectivity index (χ1) is 9.49. The minimum absolute atomic E-state index is 0.109. The summed E-state index contributed by atoms with van der Waals surface area (Å²) in [6, 6.07) is 4.79. The summed E-state index contributed by atoms with van der Waals surface area (Å²) in [4.78, 5) is 34.2. The third kappa shape index (κ3) is 3.94. The second-order valence-electron chi connectivity index (χ2n) is 3.96. The van der Waals surface area contributed by atoms with Gasteiger partial charge in [0.15, 0.2) is 0 Å². The maximum atomic E-state index is 11.9. The summed E-state index contributed by atoms with van der Waals surface area (Å²) in [6.07, 6.45) is 1.52. The predicted octanol–water partition coefficient (Wildman–Crippen LogP) is 1.23. The van der Waals surface area contributed by atoms with Gasteiger partial charge in [0.25, 0.3) is 5.91 Å². The van der Waals surface area contributed by atoms with Gasteiger partial charge < -0.3 is 15.2 Å². The molecule has 0 spiro atoms. The molecule has 0 unspecified atom stereocenters. The molecule has 0 bridgehead atoms. The topological polar surface area (TPSA) is 92.7 Å². The summed E-state index contributed by atoms with van der Waals surface area (Å²) in [5, 5.41) is 11.3. The van der Waals surface area contributed by atoms with Gasteiger partial charge in [-0.3, -0.25) is 4.79 Å². The Morgan fingerprint density at radius 3 is 2.60 bits per heavy atom. The van der Waals surface area contributed by atoms with Crippen LogP contribution in [0.1, 0.15) is 27.1 Å². The second-order valence-corrected chi connectivity index (χ2v) is 3.96. The van der Waals surface area contributed by atoms with E-state index in [9.17, 15) is 14.4 Å². The fraction of sp³-hybridized carbons (Fsp3) is 0.214. The normalized spacial score (nSPS) is 11.2. The Morgan fingerprint density at radius 1 is 1.40 bits per heavy atom. The largest absolute Gasteiger partial charge is 0.480 e. The van der Waals surface area contributed by atoms with Crippen LogP contribution in [0.25, 0.3) is 0 Å². The summed E-state index contributed by atoms with van der Waals surface area (Å²) >= 11 is 0. The van der Waals surface area contributed by atoms with Crippen LogP contribution in [0.2, 0.25) is 0 Å². The summed E-state index contributed by atoms with van der Waals surface area (Å²) in [6.45, 7) is 3.44. The molecule has 1 aromatic carbocycles. The van der Waals surface area contributed by atoms with Crippen molar-refractivity contribution < 1.29 is 24.2 Å². The Bertz CT molecular complexity index is 538. The van der Waals surface area contributed by atoms with E-state index in [-0.39, 0.29) is 17.5 Å². The van der Waals surface area contributed by atoms with Crippen molar-refractivity contribution in [3.8, 4) is 0 Å². The fourth-order valence-corrected chi connectivity index (χ4v) is 1.53. The number of carboxylic acid groups (broad SMARTS) is 1. The molecule has 0 radical (unpaired) electrons. The van der Waals surface area contributed by atoms with Gasteiger partial charge in [-0.05, 0) is 24.6 Å². The lowest BCUT2D eigenvalue weighted by molar-refractivity contribution is -0.139. The summed E-state index contributed by atoms with van der Waals surface area (Å²) in [5.41, 5.74) is 0.402. The molecule has 0 fully saturated rings. The van der Waals surface area contributed by atoms with Crippen molar-refractivity contribution in [3.63, 3.8) is 0 Å². The number of ether oxygens (including phenoxy) is 1. The molecule has 6 heteroatoms. The maximum Gasteiger partial charge on any atom is 0.337 e. The van der Waals surface area contributed by atoms with Gasteiger partial charge in [-0.25, -0.2) is 9.59 Å². The lowest BCUT2D eigenvalue weighted by atomic mass is 10.1. The molecule has 20 heavy (non-hydrogen) atoms. The number of benzene rings is 1. The van der Waals surface area contributed by atoms with Crippen LogP contribution in [-0.4, -0.2) is 36.1 Å². The highest BCUT2D eigenvalue weighted by Crippen LogP contribution is 2.07. The Labute approximate surface area is 116 Å². The van der Waals surface area contributed by atoms with E-state index < -0.39 is 23.9 Å². The zero-order valence-electron chi connectivity index (χ0n) is 11.0. The third-order valence-electron chi connectivity index (χ3n) is 2.55. The number of esters is 1. The average Bonchev–Trinajstić information content (AvgIpc) is 2.45. The van der Waals surface area contributed by atoms with E-state index in [0.717, 1.165) is 0 Å². The first-order valence-electron chi connectivity index (χ1n) is 5.82. The van der Waals surface area contributed by atoms with E-state index in [1.165, 1.54) is 37.5 Å². The van der Waals surface area contributed by atoms with Crippen LogP contribution in [0.3, 0.4) is 0 Å². The second kappa shape index (κ2) is 7.08. The standard InChI is InChI=1S/C14H15NO5/c1-3-5-11(13(17)18)15-12(16)9-6-4-7-10(8-9)14(19)20-2/h3-4,6-8,11H,1,5H2,2H3,(H,15,16)(H,17,18)/t11-/m1/s1. The third-order valence-corrected chi connectivity index (χ3v) is 2.55. The van der Waals surface area contributed by atoms with E-state index >= 15 is 0 Å². The van der Waals surface area contributed by atoms with Gasteiger partial charge in [-0.2, -0.15) is 0 Å². The number of methoxy groups -OCH3 is 1. The van der Waals surface area contributed by atoms with Crippen molar-refractivity contribution in [1.29, 1.82) is 0 Å². The van der Waals surface area contributed by atoms with E-state index in [1.807, 2.05) is 0 Å². The highest BCUT2D eigenvalue weighted by molar-refractivity contribution is 5.99. The number of amides is 1. The van der Waals surface area contributed by atoms with Gasteiger partial charge >= 0.3 is 11.9 Å². The lowest BCUT2D eigenvalue weighted by Gasteiger charge is -2.12. The number of carbonyl (C=O) groups is 3. The van der Waals surface area contributed by atoms with Crippen molar-refractivity contribution >= 4 is 17.8 Å². The molecule has 0 heterocycles. The van der Waals surface area contributed by atoms with E-state index in [4.69, 9.17) is 5.11 Å². The maximum absolute atomic E-state index is 11.9. The molecule has 0 aliphatic heterocycles. The van der Waals surface area contributed by atoms with Crippen LogP contribution in [0.15, 0.2) is 36.9 Å². The lowest BCUT2D eigenvalue weighted by Crippen LogP contribution is -2.40. The van der Waals surface area contributed by atoms with E-state index in [0.29, 0.717) is 0 Å². The number of rotatable bonds is 6. The minimum atomic E-state index is -1.15. The number of hydrogen-bond donors (Lipinski definition) is 2. The molecule has 0 saturated heterocycles. The van der Waals surface area contributed by atoms with E-state index in [1.54, 1.807) is 0 Å². The zero-order valence-corrected chi connectivity index (χ0v) is 11.0. The smallest absolute Gasteiger partial charge is 0.337 e.